The molecule has 0 spiro atoms. The van der Waals surface area contributed by atoms with E-state index in [1.54, 1.807) is 0 Å². The lowest BCUT2D eigenvalue weighted by Gasteiger charge is -1.76. The van der Waals surface area contributed by atoms with Crippen LogP contribution in [0.2, 0.25) is 0 Å². The smallest absolute Gasteiger partial charge is 0.0204 e. The fourth-order valence-corrected chi connectivity index (χ4v) is 0.311. The maximum atomic E-state index is 2.95. The number of allylic oxidation sites excluding steroid dienone is 3. The van der Waals surface area contributed by atoms with Gasteiger partial charge in [0.25, 0.3) is 0 Å². The third-order valence-corrected chi connectivity index (χ3v) is 0.680. The molecular weight excluding hydrogens is 96.1 g/mol. The third kappa shape index (κ3) is 5.26. The van der Waals surface area contributed by atoms with Crippen molar-refractivity contribution in [2.45, 2.75) is 20.8 Å². The summed E-state index contributed by atoms with van der Waals surface area (Å²) in [5.74, 6) is 0. The van der Waals surface area contributed by atoms with Gasteiger partial charge >= 0.3 is 0 Å². The van der Waals surface area contributed by atoms with E-state index in [4.69, 9.17) is 0 Å². The Morgan fingerprint density at radius 3 is 2.38 bits per heavy atom. The van der Waals surface area contributed by atoms with Crippen LogP contribution >= 0.6 is 0 Å². The summed E-state index contributed by atoms with van der Waals surface area (Å²) in [7, 11) is 0. The first-order valence-electron chi connectivity index (χ1n) is 2.78. The second-order valence-electron chi connectivity index (χ2n) is 1.87. The molecule has 0 heterocycles. The van der Waals surface area contributed by atoms with Gasteiger partial charge in [0, 0.05) is 0 Å². The van der Waals surface area contributed by atoms with Crippen molar-refractivity contribution in [1.29, 1.82) is 0 Å². The molecule has 0 nitrogen and oxygen atoms in total. The Morgan fingerprint density at radius 2 is 2.00 bits per heavy atom. The molecule has 0 bridgehead atoms. The van der Waals surface area contributed by atoms with Crippen LogP contribution in [0.15, 0.2) is 29.5 Å². The van der Waals surface area contributed by atoms with Crippen molar-refractivity contribution >= 4 is 0 Å². The molecule has 0 unspecified atom stereocenters. The van der Waals surface area contributed by atoms with Gasteiger partial charge in [-0.1, -0.05) is 11.6 Å². The van der Waals surface area contributed by atoms with Gasteiger partial charge in [0.1, 0.15) is 0 Å². The molecule has 0 aliphatic rings. The van der Waals surface area contributed by atoms with Crippen molar-refractivity contribution < 1.29 is 0 Å². The Bertz CT molecular complexity index is 128. The molecule has 0 N–H and O–H groups in total. The zero-order valence-electron chi connectivity index (χ0n) is 5.73. The Hall–Kier alpha value is -0.740. The lowest BCUT2D eigenvalue weighted by molar-refractivity contribution is 1.39. The highest BCUT2D eigenvalue weighted by Crippen LogP contribution is 1.86. The van der Waals surface area contributed by atoms with Crippen LogP contribution in [-0.4, -0.2) is 0 Å². The van der Waals surface area contributed by atoms with Crippen LogP contribution in [0.25, 0.3) is 0 Å². The van der Waals surface area contributed by atoms with Crippen LogP contribution in [0, 0.1) is 0 Å². The highest BCUT2D eigenvalue weighted by Gasteiger charge is 1.65. The van der Waals surface area contributed by atoms with Gasteiger partial charge in [-0.25, -0.2) is 0 Å². The molecule has 0 aliphatic heterocycles. The summed E-state index contributed by atoms with van der Waals surface area (Å²) < 4.78 is 0. The zero-order valence-corrected chi connectivity index (χ0v) is 5.73. The minimum absolute atomic E-state index is 1.30. The first-order valence-corrected chi connectivity index (χ1v) is 2.78. The number of hydrogen-bond donors (Lipinski definition) is 0. The second-order valence-corrected chi connectivity index (χ2v) is 1.87. The topological polar surface area (TPSA) is 0 Å². The largest absolute Gasteiger partial charge is 0.125 e. The average molecular weight is 108 g/mol. The normalized spacial score (nSPS) is 6.88. The van der Waals surface area contributed by atoms with Crippen molar-refractivity contribution in [3.8, 4) is 0 Å². The van der Waals surface area contributed by atoms with E-state index in [0.717, 1.165) is 0 Å². The number of rotatable bonds is 1. The van der Waals surface area contributed by atoms with Crippen LogP contribution < -0.4 is 0 Å². The summed E-state index contributed by atoms with van der Waals surface area (Å²) in [6, 6.07) is 0. The molecule has 8 heavy (non-hydrogen) atoms. The van der Waals surface area contributed by atoms with Gasteiger partial charge in [-0.15, -0.1) is 5.73 Å². The first kappa shape index (κ1) is 7.26. The van der Waals surface area contributed by atoms with Gasteiger partial charge in [-0.3, -0.25) is 0 Å². The van der Waals surface area contributed by atoms with E-state index in [2.05, 4.69) is 19.6 Å². The predicted molar refractivity (Wildman–Crippen MR) is 37.8 cm³/mol. The SMILES string of the molecule is CC=C=CC=C(C)C. The maximum absolute atomic E-state index is 2.95. The third-order valence-electron chi connectivity index (χ3n) is 0.680. The van der Waals surface area contributed by atoms with E-state index >= 15 is 0 Å². The van der Waals surface area contributed by atoms with E-state index in [1.807, 2.05) is 25.2 Å². The van der Waals surface area contributed by atoms with Gasteiger partial charge in [0.2, 0.25) is 0 Å². The first-order chi connectivity index (χ1) is 3.77. The van der Waals surface area contributed by atoms with Crippen molar-refractivity contribution in [2.24, 2.45) is 0 Å². The van der Waals surface area contributed by atoms with E-state index in [1.165, 1.54) is 5.57 Å². The van der Waals surface area contributed by atoms with E-state index < -0.39 is 0 Å². The molecular formula is C8H12. The minimum Gasteiger partial charge on any atom is -0.125 e. The van der Waals surface area contributed by atoms with Gasteiger partial charge in [0.15, 0.2) is 0 Å². The maximum Gasteiger partial charge on any atom is -0.0204 e. The molecule has 0 aromatic rings. The summed E-state index contributed by atoms with van der Waals surface area (Å²) in [4.78, 5) is 0. The molecule has 0 saturated carbocycles. The Balaban J connectivity index is 3.77. The standard InChI is InChI=1S/C8H12/c1-4-5-6-7-8(2)3/h4,6-7H,1-3H3. The minimum atomic E-state index is 1.30. The highest BCUT2D eigenvalue weighted by molar-refractivity contribution is 5.07. The molecule has 0 aromatic carbocycles. The van der Waals surface area contributed by atoms with E-state index in [9.17, 15) is 0 Å². The molecule has 44 valence electrons. The second kappa shape index (κ2) is 4.42. The summed E-state index contributed by atoms with van der Waals surface area (Å²) >= 11 is 0. The molecule has 0 aromatic heterocycles. The Morgan fingerprint density at radius 1 is 1.38 bits per heavy atom. The van der Waals surface area contributed by atoms with Crippen molar-refractivity contribution in [3.63, 3.8) is 0 Å². The average Bonchev–Trinajstić information content (AvgIpc) is 1.66. The predicted octanol–water partition coefficient (Wildman–Crippen LogP) is 2.68. The summed E-state index contributed by atoms with van der Waals surface area (Å²) in [6.45, 7) is 6.08. The van der Waals surface area contributed by atoms with Crippen LogP contribution in [0.3, 0.4) is 0 Å². The molecule has 0 fully saturated rings. The van der Waals surface area contributed by atoms with Crippen molar-refractivity contribution in [1.82, 2.24) is 0 Å². The molecule has 0 amide bonds. The number of hydrogen-bond acceptors (Lipinski definition) is 0. The molecule has 0 aliphatic carbocycles. The Kier molecular flexibility index (Phi) is 4.01. The fourth-order valence-electron chi connectivity index (χ4n) is 0.311. The lowest BCUT2D eigenvalue weighted by Crippen LogP contribution is -1.55. The summed E-state index contributed by atoms with van der Waals surface area (Å²) in [6.07, 6.45) is 5.83. The molecule has 0 rings (SSSR count). The van der Waals surface area contributed by atoms with Crippen LogP contribution in [-0.2, 0) is 0 Å². The van der Waals surface area contributed by atoms with Gasteiger partial charge in [-0.2, -0.15) is 0 Å². The molecule has 0 radical (unpaired) electrons. The monoisotopic (exact) mass is 108 g/mol. The molecule has 0 saturated heterocycles. The van der Waals surface area contributed by atoms with Crippen molar-refractivity contribution in [2.75, 3.05) is 0 Å². The van der Waals surface area contributed by atoms with Gasteiger partial charge < -0.3 is 0 Å². The van der Waals surface area contributed by atoms with Crippen LogP contribution in [0.4, 0.5) is 0 Å². The van der Waals surface area contributed by atoms with E-state index in [0.29, 0.717) is 0 Å². The van der Waals surface area contributed by atoms with Crippen LogP contribution in [0.1, 0.15) is 20.8 Å². The lowest BCUT2D eigenvalue weighted by atomic mass is 10.3. The fraction of sp³-hybridized carbons (Fsp3) is 0.375. The zero-order chi connectivity index (χ0) is 6.41. The molecule has 0 atom stereocenters. The summed E-state index contributed by atoms with van der Waals surface area (Å²) in [5, 5.41) is 0. The molecule has 0 heteroatoms. The Labute approximate surface area is 51.2 Å². The van der Waals surface area contributed by atoms with E-state index in [-0.39, 0.29) is 0 Å². The summed E-state index contributed by atoms with van der Waals surface area (Å²) in [5.41, 5.74) is 4.26. The van der Waals surface area contributed by atoms with Gasteiger partial charge in [0.05, 0.1) is 0 Å². The highest BCUT2D eigenvalue weighted by atomic mass is 13.7. The van der Waals surface area contributed by atoms with Crippen LogP contribution in [0.5, 0.6) is 0 Å². The quantitative estimate of drug-likeness (QED) is 0.358. The van der Waals surface area contributed by atoms with Crippen molar-refractivity contribution in [3.05, 3.63) is 29.5 Å². The van der Waals surface area contributed by atoms with Gasteiger partial charge in [-0.05, 0) is 32.9 Å².